The van der Waals surface area contributed by atoms with Crippen LogP contribution >= 0.6 is 0 Å². The minimum atomic E-state index is -0.845. The van der Waals surface area contributed by atoms with E-state index < -0.39 is 24.5 Å². The number of phenols is 1. The van der Waals surface area contributed by atoms with Crippen LogP contribution < -0.4 is 10.6 Å². The number of urea groups is 1. The maximum atomic E-state index is 12.0. The number of phenolic OH excluding ortho intramolecular Hbond substituents is 1. The highest BCUT2D eigenvalue weighted by atomic mass is 16.5. The monoisotopic (exact) mass is 330 g/mol. The van der Waals surface area contributed by atoms with Gasteiger partial charge in [0, 0.05) is 6.54 Å². The van der Waals surface area contributed by atoms with Crippen LogP contribution in [-0.2, 0) is 9.53 Å². The number of benzene rings is 2. The van der Waals surface area contributed by atoms with Gasteiger partial charge >= 0.3 is 12.0 Å². The number of ether oxygens (including phenoxy) is 1. The van der Waals surface area contributed by atoms with Crippen LogP contribution in [0.25, 0.3) is 10.8 Å². The fourth-order valence-corrected chi connectivity index (χ4v) is 2.05. The Morgan fingerprint density at radius 3 is 2.46 bits per heavy atom. The number of carbonyl (C=O) groups excluding carboxylic acids is 3. The summed E-state index contributed by atoms with van der Waals surface area (Å²) in [7, 11) is 0. The first-order chi connectivity index (χ1) is 11.5. The molecule has 0 spiro atoms. The Morgan fingerprint density at radius 1 is 1.12 bits per heavy atom. The molecule has 7 nitrogen and oxygen atoms in total. The Balaban J connectivity index is 1.96. The third-order valence-corrected chi connectivity index (χ3v) is 3.21. The molecule has 0 fully saturated rings. The summed E-state index contributed by atoms with van der Waals surface area (Å²) >= 11 is 0. The van der Waals surface area contributed by atoms with Crippen molar-refractivity contribution in [3.8, 4) is 5.75 Å². The van der Waals surface area contributed by atoms with Crippen molar-refractivity contribution < 1.29 is 24.2 Å². The molecule has 0 atom stereocenters. The zero-order chi connectivity index (χ0) is 17.5. The third kappa shape index (κ3) is 4.45. The molecule has 0 heterocycles. The number of rotatable bonds is 5. The second-order valence-corrected chi connectivity index (χ2v) is 5.10. The van der Waals surface area contributed by atoms with Crippen LogP contribution in [0.1, 0.15) is 23.7 Å². The second-order valence-electron chi connectivity index (χ2n) is 5.10. The summed E-state index contributed by atoms with van der Waals surface area (Å²) in [5.74, 6) is -1.83. The van der Waals surface area contributed by atoms with E-state index in [1.807, 2.05) is 18.3 Å². The summed E-state index contributed by atoms with van der Waals surface area (Å²) in [6.07, 6.45) is 0.734. The molecule has 0 aliphatic heterocycles. The average Bonchev–Trinajstić information content (AvgIpc) is 2.57. The molecule has 126 valence electrons. The number of nitrogens with one attached hydrogen (secondary N) is 2. The van der Waals surface area contributed by atoms with Crippen molar-refractivity contribution in [1.82, 2.24) is 10.6 Å². The van der Waals surface area contributed by atoms with E-state index in [0.29, 0.717) is 6.54 Å². The topological polar surface area (TPSA) is 105 Å². The minimum absolute atomic E-state index is 0.0445. The lowest BCUT2D eigenvalue weighted by Crippen LogP contribution is -2.41. The zero-order valence-corrected chi connectivity index (χ0v) is 13.2. The number of amides is 3. The Kier molecular flexibility index (Phi) is 5.73. The van der Waals surface area contributed by atoms with E-state index in [1.165, 1.54) is 12.1 Å². The normalized spacial score (nSPS) is 10.2. The number of aromatic hydroxyl groups is 1. The SMILES string of the molecule is CCCNC(=O)NC(=O)COC(=O)c1cc2ccccc2cc1O. The molecule has 2 rings (SSSR count). The van der Waals surface area contributed by atoms with Crippen molar-refractivity contribution in [2.75, 3.05) is 13.2 Å². The van der Waals surface area contributed by atoms with Crippen molar-refractivity contribution in [1.29, 1.82) is 0 Å². The Labute approximate surface area is 138 Å². The predicted molar refractivity (Wildman–Crippen MR) is 87.7 cm³/mol. The van der Waals surface area contributed by atoms with Gasteiger partial charge in [0.25, 0.3) is 5.91 Å². The summed E-state index contributed by atoms with van der Waals surface area (Å²) in [5.41, 5.74) is -0.0445. The van der Waals surface area contributed by atoms with Gasteiger partial charge in [0.1, 0.15) is 11.3 Å². The van der Waals surface area contributed by atoms with Gasteiger partial charge in [-0.15, -0.1) is 0 Å². The summed E-state index contributed by atoms with van der Waals surface area (Å²) in [6, 6.07) is 9.49. The van der Waals surface area contributed by atoms with Gasteiger partial charge in [-0.3, -0.25) is 10.1 Å². The second kappa shape index (κ2) is 7.96. The molecule has 3 amide bonds. The highest BCUT2D eigenvalue weighted by Gasteiger charge is 2.16. The van der Waals surface area contributed by atoms with Gasteiger partial charge in [-0.1, -0.05) is 31.2 Å². The van der Waals surface area contributed by atoms with E-state index in [9.17, 15) is 19.5 Å². The molecule has 0 aliphatic carbocycles. The Hall–Kier alpha value is -3.09. The smallest absolute Gasteiger partial charge is 0.342 e. The number of carbonyl (C=O) groups is 3. The van der Waals surface area contributed by atoms with Crippen LogP contribution in [-0.4, -0.2) is 36.2 Å². The number of hydrogen-bond donors (Lipinski definition) is 3. The highest BCUT2D eigenvalue weighted by Crippen LogP contribution is 2.25. The average molecular weight is 330 g/mol. The van der Waals surface area contributed by atoms with E-state index in [1.54, 1.807) is 18.2 Å². The van der Waals surface area contributed by atoms with Gasteiger partial charge in [0.15, 0.2) is 6.61 Å². The summed E-state index contributed by atoms with van der Waals surface area (Å²) in [5, 5.41) is 15.9. The number of imide groups is 1. The van der Waals surface area contributed by atoms with Gasteiger partial charge in [0.05, 0.1) is 0 Å². The van der Waals surface area contributed by atoms with Crippen molar-refractivity contribution in [3.63, 3.8) is 0 Å². The quantitative estimate of drug-likeness (QED) is 0.727. The van der Waals surface area contributed by atoms with Crippen molar-refractivity contribution in [3.05, 3.63) is 42.0 Å². The molecular weight excluding hydrogens is 312 g/mol. The Bertz CT molecular complexity index is 773. The first kappa shape index (κ1) is 17.3. The van der Waals surface area contributed by atoms with Gasteiger partial charge in [-0.25, -0.2) is 9.59 Å². The van der Waals surface area contributed by atoms with Crippen LogP contribution in [0.4, 0.5) is 4.79 Å². The number of fused-ring (bicyclic) bond motifs is 1. The molecule has 0 radical (unpaired) electrons. The summed E-state index contributed by atoms with van der Waals surface area (Å²) < 4.78 is 4.83. The molecule has 0 saturated carbocycles. The molecule has 0 aliphatic rings. The van der Waals surface area contributed by atoms with Crippen molar-refractivity contribution >= 4 is 28.7 Å². The van der Waals surface area contributed by atoms with E-state index in [-0.39, 0.29) is 11.3 Å². The highest BCUT2D eigenvalue weighted by molar-refractivity contribution is 6.00. The zero-order valence-electron chi connectivity index (χ0n) is 13.2. The summed E-state index contributed by atoms with van der Waals surface area (Å²) in [6.45, 7) is 1.69. The van der Waals surface area contributed by atoms with Gasteiger partial charge < -0.3 is 15.2 Å². The van der Waals surface area contributed by atoms with Crippen LogP contribution in [0, 0.1) is 0 Å². The molecule has 2 aromatic rings. The van der Waals surface area contributed by atoms with Gasteiger partial charge in [-0.05, 0) is 29.3 Å². The molecule has 2 aromatic carbocycles. The van der Waals surface area contributed by atoms with Gasteiger partial charge in [0.2, 0.25) is 0 Å². The molecule has 0 bridgehead atoms. The fourth-order valence-electron chi connectivity index (χ4n) is 2.05. The Morgan fingerprint density at radius 2 is 1.79 bits per heavy atom. The van der Waals surface area contributed by atoms with E-state index in [4.69, 9.17) is 4.74 Å². The van der Waals surface area contributed by atoms with Crippen molar-refractivity contribution in [2.45, 2.75) is 13.3 Å². The predicted octanol–water partition coefficient (Wildman–Crippen LogP) is 1.94. The first-order valence-electron chi connectivity index (χ1n) is 7.48. The van der Waals surface area contributed by atoms with Crippen LogP contribution in [0.2, 0.25) is 0 Å². The maximum Gasteiger partial charge on any atom is 0.342 e. The number of hydrogen-bond acceptors (Lipinski definition) is 5. The maximum absolute atomic E-state index is 12.0. The number of esters is 1. The van der Waals surface area contributed by atoms with Crippen LogP contribution in [0.3, 0.4) is 0 Å². The molecule has 0 aromatic heterocycles. The minimum Gasteiger partial charge on any atom is -0.507 e. The summed E-state index contributed by atoms with van der Waals surface area (Å²) in [4.78, 5) is 34.9. The lowest BCUT2D eigenvalue weighted by molar-refractivity contribution is -0.123. The largest absolute Gasteiger partial charge is 0.507 e. The molecule has 3 N–H and O–H groups in total. The first-order valence-corrected chi connectivity index (χ1v) is 7.48. The molecule has 24 heavy (non-hydrogen) atoms. The lowest BCUT2D eigenvalue weighted by atomic mass is 10.1. The van der Waals surface area contributed by atoms with Crippen LogP contribution in [0.15, 0.2) is 36.4 Å². The standard InChI is InChI=1S/C17H18N2O5/c1-2-7-18-17(23)19-15(21)10-24-16(22)13-8-11-5-3-4-6-12(11)9-14(13)20/h3-6,8-9,20H,2,7,10H2,1H3,(H2,18,19,21,23). The molecule has 0 saturated heterocycles. The lowest BCUT2D eigenvalue weighted by Gasteiger charge is -2.08. The van der Waals surface area contributed by atoms with E-state index in [2.05, 4.69) is 5.32 Å². The van der Waals surface area contributed by atoms with Crippen molar-refractivity contribution in [2.24, 2.45) is 0 Å². The molecule has 7 heteroatoms. The van der Waals surface area contributed by atoms with Gasteiger partial charge in [-0.2, -0.15) is 0 Å². The van der Waals surface area contributed by atoms with E-state index >= 15 is 0 Å². The molecule has 0 unspecified atom stereocenters. The van der Waals surface area contributed by atoms with E-state index in [0.717, 1.165) is 17.2 Å². The fraction of sp³-hybridized carbons (Fsp3) is 0.235. The third-order valence-electron chi connectivity index (χ3n) is 3.21. The van der Waals surface area contributed by atoms with Crippen LogP contribution in [0.5, 0.6) is 5.75 Å². The molecular formula is C17H18N2O5.